The maximum Gasteiger partial charge on any atom is 0.207 e. The molecule has 1 N–H and O–H groups in total. The van der Waals surface area contributed by atoms with E-state index in [1.54, 1.807) is 0 Å². The van der Waals surface area contributed by atoms with E-state index in [4.69, 9.17) is 4.74 Å². The maximum atomic E-state index is 10.4. The molecule has 0 unspecified atom stereocenters. The van der Waals surface area contributed by atoms with Gasteiger partial charge in [0.1, 0.15) is 12.4 Å². The molecule has 1 aliphatic carbocycles. The largest absolute Gasteiger partial charge is 0.489 e. The number of rotatable bonds is 7. The highest BCUT2D eigenvalue weighted by Crippen LogP contribution is 2.36. The molecule has 1 saturated carbocycles. The van der Waals surface area contributed by atoms with Gasteiger partial charge < -0.3 is 10.1 Å². The first-order valence-electron chi connectivity index (χ1n) is 8.79. The molecule has 0 bridgehead atoms. The molecule has 1 aliphatic rings. The minimum Gasteiger partial charge on any atom is -0.489 e. The fourth-order valence-corrected chi connectivity index (χ4v) is 3.49. The Morgan fingerprint density at radius 3 is 2.33 bits per heavy atom. The van der Waals surface area contributed by atoms with Crippen LogP contribution in [0.3, 0.4) is 0 Å². The molecule has 1 amide bonds. The summed E-state index contributed by atoms with van der Waals surface area (Å²) in [6.45, 7) is 1.43. The van der Waals surface area contributed by atoms with Gasteiger partial charge in [-0.25, -0.2) is 0 Å². The molecule has 0 radical (unpaired) electrons. The van der Waals surface area contributed by atoms with Crippen LogP contribution in [0.15, 0.2) is 54.6 Å². The predicted molar refractivity (Wildman–Crippen MR) is 96.0 cm³/mol. The first-order valence-corrected chi connectivity index (χ1v) is 8.79. The summed E-state index contributed by atoms with van der Waals surface area (Å²) in [5.41, 5.74) is 2.59. The molecule has 3 nitrogen and oxygen atoms in total. The van der Waals surface area contributed by atoms with Crippen LogP contribution in [-0.4, -0.2) is 13.0 Å². The number of carbonyl (C=O) groups is 1. The average molecular weight is 323 g/mol. The van der Waals surface area contributed by atoms with E-state index in [0.29, 0.717) is 18.4 Å². The zero-order valence-corrected chi connectivity index (χ0v) is 14.0. The van der Waals surface area contributed by atoms with Crippen molar-refractivity contribution in [2.24, 2.45) is 5.92 Å². The molecule has 3 heteroatoms. The lowest BCUT2D eigenvalue weighted by atomic mass is 9.79. The first-order chi connectivity index (χ1) is 11.8. The van der Waals surface area contributed by atoms with E-state index in [1.807, 2.05) is 18.2 Å². The molecule has 0 saturated heterocycles. The summed E-state index contributed by atoms with van der Waals surface area (Å²) in [6, 6.07) is 18.8. The maximum absolute atomic E-state index is 10.4. The van der Waals surface area contributed by atoms with E-state index in [1.165, 1.54) is 36.8 Å². The Bertz CT molecular complexity index is 616. The van der Waals surface area contributed by atoms with Crippen LogP contribution in [-0.2, 0) is 11.4 Å². The summed E-state index contributed by atoms with van der Waals surface area (Å²) in [5, 5.41) is 2.81. The SMILES string of the molecule is O=CNCC1CCC(c2ccc(OCc3ccccc3)cc2)CC1. The Kier molecular flexibility index (Phi) is 5.89. The van der Waals surface area contributed by atoms with Crippen LogP contribution in [0, 0.1) is 5.92 Å². The summed E-state index contributed by atoms with van der Waals surface area (Å²) in [5.74, 6) is 2.20. The molecule has 2 aromatic rings. The fraction of sp³-hybridized carbons (Fsp3) is 0.381. The van der Waals surface area contributed by atoms with Crippen LogP contribution < -0.4 is 10.1 Å². The van der Waals surface area contributed by atoms with Crippen molar-refractivity contribution in [1.82, 2.24) is 5.32 Å². The van der Waals surface area contributed by atoms with Crippen LogP contribution in [0.5, 0.6) is 5.75 Å². The van der Waals surface area contributed by atoms with Crippen LogP contribution in [0.2, 0.25) is 0 Å². The van der Waals surface area contributed by atoms with Gasteiger partial charge in [0.15, 0.2) is 0 Å². The molecule has 126 valence electrons. The van der Waals surface area contributed by atoms with Crippen molar-refractivity contribution in [2.45, 2.75) is 38.2 Å². The van der Waals surface area contributed by atoms with Gasteiger partial charge in [0.05, 0.1) is 0 Å². The van der Waals surface area contributed by atoms with Crippen molar-refractivity contribution >= 4 is 6.41 Å². The van der Waals surface area contributed by atoms with Gasteiger partial charge in [-0.05, 0) is 60.8 Å². The number of hydrogen-bond donors (Lipinski definition) is 1. The van der Waals surface area contributed by atoms with Gasteiger partial charge in [-0.3, -0.25) is 4.79 Å². The topological polar surface area (TPSA) is 38.3 Å². The lowest BCUT2D eigenvalue weighted by molar-refractivity contribution is -0.109. The van der Waals surface area contributed by atoms with E-state index in [-0.39, 0.29) is 0 Å². The van der Waals surface area contributed by atoms with E-state index in [9.17, 15) is 4.79 Å². The summed E-state index contributed by atoms with van der Waals surface area (Å²) in [7, 11) is 0. The van der Waals surface area contributed by atoms with Crippen LogP contribution in [0.25, 0.3) is 0 Å². The number of benzene rings is 2. The van der Waals surface area contributed by atoms with Crippen molar-refractivity contribution in [3.05, 3.63) is 65.7 Å². The molecule has 2 aromatic carbocycles. The summed E-state index contributed by atoms with van der Waals surface area (Å²) < 4.78 is 5.85. The molecule has 0 spiro atoms. The highest BCUT2D eigenvalue weighted by atomic mass is 16.5. The number of amides is 1. The standard InChI is InChI=1S/C21H25NO2/c23-16-22-14-17-6-8-19(9-7-17)20-10-12-21(13-11-20)24-15-18-4-2-1-3-5-18/h1-5,10-13,16-17,19H,6-9,14-15H2,(H,22,23). The molecule has 0 aliphatic heterocycles. The molecule has 3 rings (SSSR count). The third-order valence-electron chi connectivity index (χ3n) is 4.94. The smallest absolute Gasteiger partial charge is 0.207 e. The average Bonchev–Trinajstić information content (AvgIpc) is 2.66. The Hall–Kier alpha value is -2.29. The highest BCUT2D eigenvalue weighted by Gasteiger charge is 2.22. The van der Waals surface area contributed by atoms with Crippen molar-refractivity contribution in [3.63, 3.8) is 0 Å². The van der Waals surface area contributed by atoms with Gasteiger partial charge >= 0.3 is 0 Å². The second kappa shape index (κ2) is 8.53. The lowest BCUT2D eigenvalue weighted by Gasteiger charge is -2.28. The molecule has 1 fully saturated rings. The second-order valence-corrected chi connectivity index (χ2v) is 6.59. The summed E-state index contributed by atoms with van der Waals surface area (Å²) >= 11 is 0. The summed E-state index contributed by atoms with van der Waals surface area (Å²) in [4.78, 5) is 10.4. The van der Waals surface area contributed by atoms with Crippen molar-refractivity contribution < 1.29 is 9.53 Å². The third-order valence-corrected chi connectivity index (χ3v) is 4.94. The van der Waals surface area contributed by atoms with Gasteiger partial charge in [-0.15, -0.1) is 0 Å². The number of hydrogen-bond acceptors (Lipinski definition) is 2. The Morgan fingerprint density at radius 1 is 0.958 bits per heavy atom. The second-order valence-electron chi connectivity index (χ2n) is 6.59. The first kappa shape index (κ1) is 16.6. The van der Waals surface area contributed by atoms with E-state index >= 15 is 0 Å². The third kappa shape index (κ3) is 4.60. The Morgan fingerprint density at radius 2 is 1.67 bits per heavy atom. The monoisotopic (exact) mass is 323 g/mol. The minimum atomic E-state index is 0.606. The Labute approximate surface area is 144 Å². The minimum absolute atomic E-state index is 0.606. The van der Waals surface area contributed by atoms with Gasteiger partial charge in [-0.1, -0.05) is 42.5 Å². The van der Waals surface area contributed by atoms with Crippen LogP contribution >= 0.6 is 0 Å². The summed E-state index contributed by atoms with van der Waals surface area (Å²) in [6.07, 6.45) is 5.60. The predicted octanol–water partition coefficient (Wildman–Crippen LogP) is 4.29. The zero-order chi connectivity index (χ0) is 16.6. The Balaban J connectivity index is 1.49. The van der Waals surface area contributed by atoms with Gasteiger partial charge in [0.25, 0.3) is 0 Å². The highest BCUT2D eigenvalue weighted by molar-refractivity contribution is 5.45. The molecule has 24 heavy (non-hydrogen) atoms. The number of carbonyl (C=O) groups excluding carboxylic acids is 1. The van der Waals surface area contributed by atoms with Crippen molar-refractivity contribution in [2.75, 3.05) is 6.54 Å². The molecule has 0 aromatic heterocycles. The van der Waals surface area contributed by atoms with Gasteiger partial charge in [0.2, 0.25) is 6.41 Å². The van der Waals surface area contributed by atoms with Crippen LogP contribution in [0.4, 0.5) is 0 Å². The fourth-order valence-electron chi connectivity index (χ4n) is 3.49. The van der Waals surface area contributed by atoms with E-state index < -0.39 is 0 Å². The van der Waals surface area contributed by atoms with Crippen molar-refractivity contribution in [3.8, 4) is 5.75 Å². The normalized spacial score (nSPS) is 20.3. The molecular formula is C21H25NO2. The van der Waals surface area contributed by atoms with E-state index in [2.05, 4.69) is 41.7 Å². The number of nitrogens with one attached hydrogen (secondary N) is 1. The van der Waals surface area contributed by atoms with Crippen LogP contribution in [0.1, 0.15) is 42.7 Å². The number of ether oxygens (including phenoxy) is 1. The quantitative estimate of drug-likeness (QED) is 0.772. The van der Waals surface area contributed by atoms with Crippen molar-refractivity contribution in [1.29, 1.82) is 0 Å². The van der Waals surface area contributed by atoms with Gasteiger partial charge in [-0.2, -0.15) is 0 Å². The lowest BCUT2D eigenvalue weighted by Crippen LogP contribution is -2.25. The van der Waals surface area contributed by atoms with E-state index in [0.717, 1.165) is 18.7 Å². The zero-order valence-electron chi connectivity index (χ0n) is 14.0. The molecular weight excluding hydrogens is 298 g/mol. The van der Waals surface area contributed by atoms with Gasteiger partial charge in [0, 0.05) is 6.54 Å². The molecule has 0 atom stereocenters. The molecule has 0 heterocycles.